The molecule has 0 spiro atoms. The van der Waals surface area contributed by atoms with E-state index in [1.807, 2.05) is 12.1 Å². The van der Waals surface area contributed by atoms with Crippen LogP contribution in [0.2, 0.25) is 0 Å². The molecule has 2 aromatic heterocycles. The SMILES string of the molecule is O=CNc1ccc(Oc2ccc(COc3ccccc3-c3cccc(-n4ncc(C(=O)O)c4C(F)(F)F)n3)cc2)cc1. The Morgan fingerprint density at radius 2 is 1.62 bits per heavy atom. The van der Waals surface area contributed by atoms with Crippen LogP contribution in [0.15, 0.2) is 97.2 Å². The molecule has 2 heterocycles. The van der Waals surface area contributed by atoms with Crippen molar-refractivity contribution in [1.82, 2.24) is 14.8 Å². The number of anilines is 1. The number of benzene rings is 3. The molecule has 2 N–H and O–H groups in total. The Morgan fingerprint density at radius 3 is 2.29 bits per heavy atom. The van der Waals surface area contributed by atoms with Crippen molar-refractivity contribution in [2.75, 3.05) is 5.32 Å². The highest BCUT2D eigenvalue weighted by atomic mass is 19.4. The second-order valence-corrected chi connectivity index (χ2v) is 8.82. The van der Waals surface area contributed by atoms with E-state index in [0.29, 0.717) is 51.5 Å². The van der Waals surface area contributed by atoms with Gasteiger partial charge >= 0.3 is 12.1 Å². The van der Waals surface area contributed by atoms with Gasteiger partial charge in [0.15, 0.2) is 11.5 Å². The molecule has 3 aromatic carbocycles. The Kier molecular flexibility index (Phi) is 7.87. The van der Waals surface area contributed by atoms with Crippen LogP contribution in [-0.2, 0) is 17.6 Å². The largest absolute Gasteiger partial charge is 0.488 e. The smallest absolute Gasteiger partial charge is 0.434 e. The number of amides is 1. The average molecular weight is 575 g/mol. The number of nitrogens with zero attached hydrogens (tertiary/aromatic N) is 3. The van der Waals surface area contributed by atoms with Crippen LogP contribution in [-0.4, -0.2) is 32.3 Å². The summed E-state index contributed by atoms with van der Waals surface area (Å²) in [6, 6.07) is 25.4. The van der Waals surface area contributed by atoms with Gasteiger partial charge in [-0.3, -0.25) is 4.79 Å². The molecule has 0 atom stereocenters. The Morgan fingerprint density at radius 1 is 0.929 bits per heavy atom. The van der Waals surface area contributed by atoms with Crippen LogP contribution in [0.25, 0.3) is 17.1 Å². The number of alkyl halides is 3. The summed E-state index contributed by atoms with van der Waals surface area (Å²) >= 11 is 0. The molecule has 5 rings (SSSR count). The molecule has 5 aromatic rings. The number of hydrogen-bond acceptors (Lipinski definition) is 6. The van der Waals surface area contributed by atoms with E-state index in [9.17, 15) is 27.9 Å². The van der Waals surface area contributed by atoms with Gasteiger partial charge in [-0.1, -0.05) is 30.3 Å². The van der Waals surface area contributed by atoms with Gasteiger partial charge in [-0.2, -0.15) is 18.3 Å². The molecule has 212 valence electrons. The fraction of sp³-hybridized carbons (Fsp3) is 0.0667. The minimum Gasteiger partial charge on any atom is -0.488 e. The van der Waals surface area contributed by atoms with Gasteiger partial charge in [-0.05, 0) is 66.2 Å². The van der Waals surface area contributed by atoms with Crippen LogP contribution in [0, 0.1) is 0 Å². The molecule has 12 heteroatoms. The van der Waals surface area contributed by atoms with E-state index in [4.69, 9.17) is 9.47 Å². The summed E-state index contributed by atoms with van der Waals surface area (Å²) in [5, 5.41) is 15.4. The number of carboxylic acid groups (broad SMARTS) is 1. The number of carboxylic acids is 1. The predicted molar refractivity (Wildman–Crippen MR) is 146 cm³/mol. The van der Waals surface area contributed by atoms with E-state index >= 15 is 0 Å². The number of carbonyl (C=O) groups is 2. The van der Waals surface area contributed by atoms with E-state index in [1.165, 1.54) is 12.1 Å². The average Bonchev–Trinajstić information content (AvgIpc) is 3.45. The normalized spacial score (nSPS) is 11.1. The number of hydrogen-bond donors (Lipinski definition) is 2. The van der Waals surface area contributed by atoms with Crippen LogP contribution in [0.3, 0.4) is 0 Å². The zero-order valence-electron chi connectivity index (χ0n) is 21.6. The number of halogens is 3. The van der Waals surface area contributed by atoms with E-state index < -0.39 is 23.4 Å². The van der Waals surface area contributed by atoms with Crippen LogP contribution >= 0.6 is 0 Å². The van der Waals surface area contributed by atoms with Crippen molar-refractivity contribution in [2.24, 2.45) is 0 Å². The summed E-state index contributed by atoms with van der Waals surface area (Å²) < 4.78 is 53.5. The van der Waals surface area contributed by atoms with Gasteiger partial charge in [0.05, 0.1) is 11.9 Å². The molecule has 0 fully saturated rings. The lowest BCUT2D eigenvalue weighted by molar-refractivity contribution is -0.143. The highest BCUT2D eigenvalue weighted by Crippen LogP contribution is 2.35. The third-order valence-electron chi connectivity index (χ3n) is 6.02. The monoisotopic (exact) mass is 574 g/mol. The van der Waals surface area contributed by atoms with Gasteiger partial charge in [-0.25, -0.2) is 14.5 Å². The van der Waals surface area contributed by atoms with Crippen LogP contribution < -0.4 is 14.8 Å². The predicted octanol–water partition coefficient (Wildman–Crippen LogP) is 6.59. The number of nitrogens with one attached hydrogen (secondary N) is 1. The minimum atomic E-state index is -4.97. The fourth-order valence-electron chi connectivity index (χ4n) is 4.08. The third-order valence-corrected chi connectivity index (χ3v) is 6.02. The number of aromatic carboxylic acids is 1. The first-order valence-electron chi connectivity index (χ1n) is 12.4. The first kappa shape index (κ1) is 27.9. The van der Waals surface area contributed by atoms with Crippen molar-refractivity contribution in [3.8, 4) is 34.3 Å². The summed E-state index contributed by atoms with van der Waals surface area (Å²) in [6.07, 6.45) is -3.73. The maximum atomic E-state index is 13.7. The molecule has 0 saturated heterocycles. The molecule has 0 unspecified atom stereocenters. The summed E-state index contributed by atoms with van der Waals surface area (Å²) in [7, 11) is 0. The zero-order valence-corrected chi connectivity index (χ0v) is 21.6. The zero-order chi connectivity index (χ0) is 29.7. The molecule has 0 aliphatic rings. The highest BCUT2D eigenvalue weighted by Gasteiger charge is 2.41. The number of ether oxygens (including phenoxy) is 2. The number of pyridine rings is 1. The quantitative estimate of drug-likeness (QED) is 0.181. The van der Waals surface area contributed by atoms with Gasteiger partial charge in [-0.15, -0.1) is 0 Å². The van der Waals surface area contributed by atoms with Gasteiger partial charge in [0.2, 0.25) is 6.41 Å². The van der Waals surface area contributed by atoms with Crippen LogP contribution in [0.4, 0.5) is 18.9 Å². The summed E-state index contributed by atoms with van der Waals surface area (Å²) in [4.78, 5) is 26.2. The Labute approximate surface area is 236 Å². The molecule has 1 amide bonds. The second kappa shape index (κ2) is 11.8. The minimum absolute atomic E-state index is 0.183. The van der Waals surface area contributed by atoms with Crippen molar-refractivity contribution in [2.45, 2.75) is 12.8 Å². The maximum Gasteiger partial charge on any atom is 0.434 e. The van der Waals surface area contributed by atoms with Crippen LogP contribution in [0.1, 0.15) is 21.6 Å². The van der Waals surface area contributed by atoms with Gasteiger partial charge in [0.25, 0.3) is 0 Å². The molecule has 0 aliphatic carbocycles. The first-order valence-corrected chi connectivity index (χ1v) is 12.4. The van der Waals surface area contributed by atoms with E-state index in [1.54, 1.807) is 66.7 Å². The fourth-order valence-corrected chi connectivity index (χ4v) is 4.08. The lowest BCUT2D eigenvalue weighted by Gasteiger charge is -2.14. The molecular formula is C30H21F3N4O5. The van der Waals surface area contributed by atoms with E-state index in [-0.39, 0.29) is 12.4 Å². The summed E-state index contributed by atoms with van der Waals surface area (Å²) in [6.45, 7) is 0.183. The van der Waals surface area contributed by atoms with E-state index in [0.717, 1.165) is 5.56 Å². The van der Waals surface area contributed by atoms with E-state index in [2.05, 4.69) is 15.4 Å². The van der Waals surface area contributed by atoms with Crippen molar-refractivity contribution in [1.29, 1.82) is 0 Å². The topological polar surface area (TPSA) is 116 Å². The first-order chi connectivity index (χ1) is 20.2. The summed E-state index contributed by atoms with van der Waals surface area (Å²) in [5.74, 6) is -0.318. The highest BCUT2D eigenvalue weighted by molar-refractivity contribution is 5.89. The third kappa shape index (κ3) is 6.22. The standard InChI is InChI=1S/C30H21F3N4O5/c31-30(32,33)28-24(29(39)40)16-35-37(28)27-7-3-5-25(36-27)23-4-1-2-6-26(23)41-17-19-8-12-21(13-9-19)42-22-14-10-20(11-15-22)34-18-38/h1-16,18H,17H2,(H,34,38)(H,39,40). The van der Waals surface area contributed by atoms with Crippen LogP contribution in [0.5, 0.6) is 17.2 Å². The lowest BCUT2D eigenvalue weighted by Crippen LogP contribution is -2.18. The van der Waals surface area contributed by atoms with Gasteiger partial charge < -0.3 is 19.9 Å². The molecule has 9 nitrogen and oxygen atoms in total. The molecular weight excluding hydrogens is 553 g/mol. The molecule has 42 heavy (non-hydrogen) atoms. The van der Waals surface area contributed by atoms with Crippen molar-refractivity contribution in [3.63, 3.8) is 0 Å². The molecule has 0 saturated carbocycles. The summed E-state index contributed by atoms with van der Waals surface area (Å²) in [5.41, 5.74) is -0.0975. The van der Waals surface area contributed by atoms with Crippen molar-refractivity contribution >= 4 is 18.1 Å². The Hall–Kier alpha value is -5.65. The Bertz CT molecular complexity index is 1720. The van der Waals surface area contributed by atoms with Gasteiger partial charge in [0.1, 0.15) is 29.4 Å². The van der Waals surface area contributed by atoms with Crippen molar-refractivity contribution < 1.29 is 37.3 Å². The number of aromatic nitrogens is 3. The Balaban J connectivity index is 1.33. The number of rotatable bonds is 10. The van der Waals surface area contributed by atoms with Crippen molar-refractivity contribution in [3.05, 3.63) is 114 Å². The van der Waals surface area contributed by atoms with Gasteiger partial charge in [0, 0.05) is 11.3 Å². The number of carbonyl (C=O) groups excluding carboxylic acids is 1. The molecule has 0 bridgehead atoms. The lowest BCUT2D eigenvalue weighted by atomic mass is 10.1. The second-order valence-electron chi connectivity index (χ2n) is 8.82. The molecule has 0 aliphatic heterocycles. The maximum absolute atomic E-state index is 13.7. The molecule has 0 radical (unpaired) electrons. The number of para-hydroxylation sites is 1.